The Morgan fingerprint density at radius 3 is 2.67 bits per heavy atom. The van der Waals surface area contributed by atoms with E-state index in [1.165, 1.54) is 0 Å². The maximum absolute atomic E-state index is 12.6. The fourth-order valence-electron chi connectivity index (χ4n) is 3.66. The Labute approximate surface area is 158 Å². The molecule has 0 unspecified atom stereocenters. The topological polar surface area (TPSA) is 58.9 Å². The smallest absolute Gasteiger partial charge is 0.230 e. The lowest BCUT2D eigenvalue weighted by Crippen LogP contribution is -2.45. The van der Waals surface area contributed by atoms with Crippen molar-refractivity contribution >= 4 is 22.9 Å². The highest BCUT2D eigenvalue weighted by Gasteiger charge is 2.24. The van der Waals surface area contributed by atoms with Crippen LogP contribution in [0.25, 0.3) is 5.65 Å². The van der Waals surface area contributed by atoms with E-state index in [2.05, 4.69) is 29.0 Å². The second-order valence-corrected chi connectivity index (χ2v) is 7.10. The number of pyridine rings is 1. The van der Waals surface area contributed by atoms with Gasteiger partial charge in [-0.3, -0.25) is 4.79 Å². The van der Waals surface area contributed by atoms with Crippen molar-refractivity contribution in [3.8, 4) is 0 Å². The number of nitrogens with zero attached hydrogens (tertiary/aromatic N) is 3. The zero-order chi connectivity index (χ0) is 18.8. The molecule has 27 heavy (non-hydrogen) atoms. The number of rotatable bonds is 4. The molecule has 1 aliphatic rings. The molecule has 3 heterocycles. The number of carbonyl (C=O) groups is 1. The van der Waals surface area contributed by atoms with E-state index in [0.717, 1.165) is 35.8 Å². The Bertz CT molecular complexity index is 909. The highest BCUT2D eigenvalue weighted by Crippen LogP contribution is 2.28. The third kappa shape index (κ3) is 3.95. The minimum atomic E-state index is -0.0692. The summed E-state index contributed by atoms with van der Waals surface area (Å²) in [5, 5.41) is 3.06. The lowest BCUT2D eigenvalue weighted by Gasteiger charge is -2.37. The van der Waals surface area contributed by atoms with Crippen LogP contribution in [-0.4, -0.2) is 40.6 Å². The Kier molecular flexibility index (Phi) is 4.81. The van der Waals surface area contributed by atoms with E-state index < -0.39 is 0 Å². The summed E-state index contributed by atoms with van der Waals surface area (Å²) in [6.07, 6.45) is 4.39. The molecule has 0 aliphatic carbocycles. The fraction of sp³-hybridized carbons (Fsp3) is 0.333. The van der Waals surface area contributed by atoms with Crippen molar-refractivity contribution in [2.75, 3.05) is 23.3 Å². The number of imidazole rings is 1. The summed E-state index contributed by atoms with van der Waals surface area (Å²) in [5.41, 5.74) is 3.46. The number of hydrogen-bond donors (Lipinski definition) is 1. The Morgan fingerprint density at radius 1 is 1.15 bits per heavy atom. The summed E-state index contributed by atoms with van der Waals surface area (Å²) in [6, 6.07) is 13.7. The molecule has 6 nitrogen and oxygen atoms in total. The van der Waals surface area contributed by atoms with Gasteiger partial charge in [0.15, 0.2) is 0 Å². The van der Waals surface area contributed by atoms with Gasteiger partial charge in [0.2, 0.25) is 5.91 Å². The van der Waals surface area contributed by atoms with Crippen molar-refractivity contribution in [1.82, 2.24) is 9.38 Å². The maximum Gasteiger partial charge on any atom is 0.230 e. The number of anilines is 2. The van der Waals surface area contributed by atoms with Gasteiger partial charge in [-0.2, -0.15) is 0 Å². The summed E-state index contributed by atoms with van der Waals surface area (Å²) in [4.78, 5) is 19.4. The van der Waals surface area contributed by atoms with Gasteiger partial charge in [0.1, 0.15) is 5.65 Å². The first-order valence-electron chi connectivity index (χ1n) is 9.30. The molecule has 6 heteroatoms. The molecule has 2 atom stereocenters. The average Bonchev–Trinajstić information content (AvgIpc) is 3.03. The van der Waals surface area contributed by atoms with Crippen LogP contribution in [-0.2, 0) is 16.0 Å². The molecule has 0 saturated carbocycles. The lowest BCUT2D eigenvalue weighted by molar-refractivity contribution is -0.115. The molecule has 1 N–H and O–H groups in total. The van der Waals surface area contributed by atoms with Gasteiger partial charge in [0.05, 0.1) is 35.7 Å². The van der Waals surface area contributed by atoms with Crippen molar-refractivity contribution in [1.29, 1.82) is 0 Å². The zero-order valence-corrected chi connectivity index (χ0v) is 15.6. The third-order valence-electron chi connectivity index (χ3n) is 4.69. The van der Waals surface area contributed by atoms with Crippen LogP contribution in [0.4, 0.5) is 11.4 Å². The molecule has 3 aromatic rings. The number of para-hydroxylation sites is 2. The number of ether oxygens (including phenoxy) is 1. The first kappa shape index (κ1) is 17.5. The van der Waals surface area contributed by atoms with Gasteiger partial charge in [-0.25, -0.2) is 4.98 Å². The first-order valence-corrected chi connectivity index (χ1v) is 9.30. The van der Waals surface area contributed by atoms with E-state index in [1.54, 1.807) is 0 Å². The molecule has 0 radical (unpaired) electrons. The van der Waals surface area contributed by atoms with Crippen LogP contribution in [0.2, 0.25) is 0 Å². The number of benzene rings is 1. The number of morpholine rings is 1. The predicted molar refractivity (Wildman–Crippen MR) is 106 cm³/mol. The SMILES string of the molecule is C[C@@H]1CN(c2ccccc2NC(=O)Cc2cn3ccccc3n2)C[C@H](C)O1. The normalized spacial score (nSPS) is 20.0. The molecule has 1 amide bonds. The second kappa shape index (κ2) is 7.40. The molecule has 4 rings (SSSR count). The lowest BCUT2D eigenvalue weighted by atomic mass is 10.1. The highest BCUT2D eigenvalue weighted by molar-refractivity contribution is 5.95. The van der Waals surface area contributed by atoms with Gasteiger partial charge in [-0.05, 0) is 38.1 Å². The van der Waals surface area contributed by atoms with Crippen molar-refractivity contribution in [3.05, 3.63) is 60.6 Å². The van der Waals surface area contributed by atoms with Gasteiger partial charge in [0, 0.05) is 25.5 Å². The number of aromatic nitrogens is 2. The van der Waals surface area contributed by atoms with Crippen LogP contribution in [0.3, 0.4) is 0 Å². The van der Waals surface area contributed by atoms with E-state index in [9.17, 15) is 4.79 Å². The molecule has 1 fully saturated rings. The van der Waals surface area contributed by atoms with Crippen LogP contribution in [0.1, 0.15) is 19.5 Å². The predicted octanol–water partition coefficient (Wildman–Crippen LogP) is 3.13. The molecule has 1 saturated heterocycles. The third-order valence-corrected chi connectivity index (χ3v) is 4.69. The monoisotopic (exact) mass is 364 g/mol. The zero-order valence-electron chi connectivity index (χ0n) is 15.6. The number of nitrogens with one attached hydrogen (secondary N) is 1. The molecule has 1 aromatic carbocycles. The maximum atomic E-state index is 12.6. The molecule has 2 aromatic heterocycles. The number of carbonyl (C=O) groups excluding carboxylic acids is 1. The van der Waals surface area contributed by atoms with Gasteiger partial charge in [-0.15, -0.1) is 0 Å². The van der Waals surface area contributed by atoms with E-state index in [0.29, 0.717) is 0 Å². The highest BCUT2D eigenvalue weighted by atomic mass is 16.5. The minimum absolute atomic E-state index is 0.0692. The van der Waals surface area contributed by atoms with E-state index >= 15 is 0 Å². The largest absolute Gasteiger partial charge is 0.372 e. The average molecular weight is 364 g/mol. The van der Waals surface area contributed by atoms with Gasteiger partial charge in [-0.1, -0.05) is 18.2 Å². The fourth-order valence-corrected chi connectivity index (χ4v) is 3.66. The molecular formula is C21H24N4O2. The summed E-state index contributed by atoms with van der Waals surface area (Å²) in [5.74, 6) is -0.0692. The molecule has 0 spiro atoms. The molecule has 1 aliphatic heterocycles. The van der Waals surface area contributed by atoms with E-state index in [1.807, 2.05) is 59.3 Å². The van der Waals surface area contributed by atoms with Crippen molar-refractivity contribution in [3.63, 3.8) is 0 Å². The van der Waals surface area contributed by atoms with Gasteiger partial charge < -0.3 is 19.4 Å². The van der Waals surface area contributed by atoms with Crippen LogP contribution in [0.15, 0.2) is 54.9 Å². The summed E-state index contributed by atoms with van der Waals surface area (Å²) < 4.78 is 7.75. The van der Waals surface area contributed by atoms with Gasteiger partial charge in [0.25, 0.3) is 0 Å². The van der Waals surface area contributed by atoms with E-state index in [-0.39, 0.29) is 24.5 Å². The molecular weight excluding hydrogens is 340 g/mol. The summed E-state index contributed by atoms with van der Waals surface area (Å²) in [7, 11) is 0. The van der Waals surface area contributed by atoms with Gasteiger partial charge >= 0.3 is 0 Å². The van der Waals surface area contributed by atoms with Crippen LogP contribution < -0.4 is 10.2 Å². The quantitative estimate of drug-likeness (QED) is 0.773. The van der Waals surface area contributed by atoms with Crippen molar-refractivity contribution in [2.45, 2.75) is 32.5 Å². The standard InChI is InChI=1S/C21H24N4O2/c1-15-12-25(13-16(2)27-15)19-8-4-3-7-18(19)23-21(26)11-17-14-24-10-6-5-9-20(24)22-17/h3-10,14-16H,11-13H2,1-2H3,(H,23,26)/t15-,16+. The van der Waals surface area contributed by atoms with E-state index in [4.69, 9.17) is 4.74 Å². The van der Waals surface area contributed by atoms with Crippen LogP contribution in [0.5, 0.6) is 0 Å². The number of fused-ring (bicyclic) bond motifs is 1. The Hall–Kier alpha value is -2.86. The Morgan fingerprint density at radius 2 is 1.89 bits per heavy atom. The Balaban J connectivity index is 1.49. The second-order valence-electron chi connectivity index (χ2n) is 7.10. The minimum Gasteiger partial charge on any atom is -0.372 e. The number of amides is 1. The molecule has 140 valence electrons. The summed E-state index contributed by atoms with van der Waals surface area (Å²) in [6.45, 7) is 5.77. The molecule has 0 bridgehead atoms. The van der Waals surface area contributed by atoms with Crippen molar-refractivity contribution in [2.24, 2.45) is 0 Å². The van der Waals surface area contributed by atoms with Crippen LogP contribution >= 0.6 is 0 Å². The number of hydrogen-bond acceptors (Lipinski definition) is 4. The summed E-state index contributed by atoms with van der Waals surface area (Å²) >= 11 is 0. The first-order chi connectivity index (χ1) is 13.1. The van der Waals surface area contributed by atoms with Crippen molar-refractivity contribution < 1.29 is 9.53 Å². The van der Waals surface area contributed by atoms with Crippen LogP contribution in [0, 0.1) is 0 Å².